The molecule has 7 heteroatoms. The predicted molar refractivity (Wildman–Crippen MR) is 107 cm³/mol. The highest BCUT2D eigenvalue weighted by atomic mass is 16.2. The maximum Gasteiger partial charge on any atom is 0.321 e. The van der Waals surface area contributed by atoms with Gasteiger partial charge < -0.3 is 5.32 Å². The van der Waals surface area contributed by atoms with Crippen molar-refractivity contribution in [2.24, 2.45) is 5.92 Å². The molecule has 5 amide bonds. The van der Waals surface area contributed by atoms with Gasteiger partial charge >= 0.3 is 6.03 Å². The van der Waals surface area contributed by atoms with Crippen molar-refractivity contribution < 1.29 is 19.2 Å². The molecule has 0 unspecified atom stereocenters. The van der Waals surface area contributed by atoms with E-state index in [9.17, 15) is 19.2 Å². The van der Waals surface area contributed by atoms with E-state index < -0.39 is 29.8 Å². The molecule has 2 N–H and O–H groups in total. The van der Waals surface area contributed by atoms with Gasteiger partial charge in [-0.25, -0.2) is 4.79 Å². The van der Waals surface area contributed by atoms with Crippen LogP contribution >= 0.6 is 0 Å². The van der Waals surface area contributed by atoms with Crippen LogP contribution in [0, 0.1) is 5.92 Å². The maximum absolute atomic E-state index is 12.8. The van der Waals surface area contributed by atoms with E-state index >= 15 is 0 Å². The van der Waals surface area contributed by atoms with E-state index in [1.165, 1.54) is 0 Å². The number of carbonyl (C=O) groups excluding carboxylic acids is 4. The van der Waals surface area contributed by atoms with E-state index in [4.69, 9.17) is 0 Å². The lowest BCUT2D eigenvalue weighted by Gasteiger charge is -2.26. The standard InChI is InChI=1S/C22H23N3O4/c1-14(2)12-18(25-20(27)16-10-6-7-11-17(16)21(25)28)19(26)24-22(29)23-13-15-8-4-3-5-9-15/h3-11,14,18H,12-13H2,1-2H3,(H2,23,24,26,29)/t18-/m0/s1. The van der Waals surface area contributed by atoms with Crippen LogP contribution in [-0.2, 0) is 11.3 Å². The number of benzene rings is 2. The minimum Gasteiger partial charge on any atom is -0.334 e. The third-order valence-corrected chi connectivity index (χ3v) is 4.67. The zero-order valence-corrected chi connectivity index (χ0v) is 16.3. The summed E-state index contributed by atoms with van der Waals surface area (Å²) in [4.78, 5) is 51.5. The monoisotopic (exact) mass is 393 g/mol. The van der Waals surface area contributed by atoms with E-state index in [1.807, 2.05) is 44.2 Å². The first kappa shape index (κ1) is 20.3. The van der Waals surface area contributed by atoms with E-state index in [2.05, 4.69) is 10.6 Å². The lowest BCUT2D eigenvalue weighted by atomic mass is 10.0. The van der Waals surface area contributed by atoms with Gasteiger partial charge in [-0.3, -0.25) is 24.6 Å². The molecule has 150 valence electrons. The van der Waals surface area contributed by atoms with Crippen molar-refractivity contribution >= 4 is 23.8 Å². The van der Waals surface area contributed by atoms with E-state index in [0.717, 1.165) is 10.5 Å². The average Bonchev–Trinajstić information content (AvgIpc) is 2.96. The summed E-state index contributed by atoms with van der Waals surface area (Å²) in [5.74, 6) is -1.69. The Morgan fingerprint density at radius 1 is 0.897 bits per heavy atom. The van der Waals surface area contributed by atoms with Crippen LogP contribution in [0.3, 0.4) is 0 Å². The number of amides is 5. The van der Waals surface area contributed by atoms with Crippen molar-refractivity contribution in [1.29, 1.82) is 0 Å². The van der Waals surface area contributed by atoms with Gasteiger partial charge in [0.2, 0.25) is 0 Å². The van der Waals surface area contributed by atoms with Crippen molar-refractivity contribution in [2.75, 3.05) is 0 Å². The molecule has 1 aliphatic heterocycles. The molecule has 0 aliphatic carbocycles. The molecular weight excluding hydrogens is 370 g/mol. The Bertz CT molecular complexity index is 905. The minimum absolute atomic E-state index is 0.0300. The van der Waals surface area contributed by atoms with E-state index in [0.29, 0.717) is 0 Å². The molecule has 0 saturated heterocycles. The Labute approximate surface area is 169 Å². The Morgan fingerprint density at radius 3 is 2.00 bits per heavy atom. The van der Waals surface area contributed by atoms with Crippen molar-refractivity contribution in [3.05, 3.63) is 71.3 Å². The van der Waals surface area contributed by atoms with Crippen LogP contribution in [0.25, 0.3) is 0 Å². The van der Waals surface area contributed by atoms with Crippen molar-refractivity contribution in [2.45, 2.75) is 32.9 Å². The third kappa shape index (κ3) is 4.51. The summed E-state index contributed by atoms with van der Waals surface area (Å²) >= 11 is 0. The number of imide groups is 2. The third-order valence-electron chi connectivity index (χ3n) is 4.67. The second-order valence-corrected chi connectivity index (χ2v) is 7.33. The van der Waals surface area contributed by atoms with Crippen LogP contribution in [0.4, 0.5) is 4.79 Å². The first-order chi connectivity index (χ1) is 13.9. The summed E-state index contributed by atoms with van der Waals surface area (Å²) in [6, 6.07) is 14.0. The zero-order valence-electron chi connectivity index (χ0n) is 16.3. The lowest BCUT2D eigenvalue weighted by Crippen LogP contribution is -2.53. The second-order valence-electron chi connectivity index (χ2n) is 7.33. The summed E-state index contributed by atoms with van der Waals surface area (Å²) < 4.78 is 0. The van der Waals surface area contributed by atoms with E-state index in [1.54, 1.807) is 24.3 Å². The first-order valence-corrected chi connectivity index (χ1v) is 9.48. The van der Waals surface area contributed by atoms with Crippen molar-refractivity contribution in [3.63, 3.8) is 0 Å². The van der Waals surface area contributed by atoms with Crippen LogP contribution < -0.4 is 10.6 Å². The number of hydrogen-bond donors (Lipinski definition) is 2. The molecule has 1 aliphatic rings. The van der Waals surface area contributed by atoms with E-state index in [-0.39, 0.29) is 30.0 Å². The predicted octanol–water partition coefficient (Wildman–Crippen LogP) is 2.72. The highest BCUT2D eigenvalue weighted by Crippen LogP contribution is 2.26. The highest BCUT2D eigenvalue weighted by Gasteiger charge is 2.43. The molecule has 2 aromatic rings. The highest BCUT2D eigenvalue weighted by molar-refractivity contribution is 6.23. The molecule has 3 rings (SSSR count). The lowest BCUT2D eigenvalue weighted by molar-refractivity contribution is -0.124. The molecule has 0 aromatic heterocycles. The number of urea groups is 1. The molecular formula is C22H23N3O4. The fourth-order valence-corrected chi connectivity index (χ4v) is 3.28. The molecule has 29 heavy (non-hydrogen) atoms. The molecule has 0 fully saturated rings. The minimum atomic E-state index is -1.06. The van der Waals surface area contributed by atoms with Gasteiger partial charge in [-0.2, -0.15) is 0 Å². The summed E-state index contributed by atoms with van der Waals surface area (Å²) in [6.45, 7) is 4.02. The summed E-state index contributed by atoms with van der Waals surface area (Å²) in [5.41, 5.74) is 1.43. The first-order valence-electron chi connectivity index (χ1n) is 9.48. The molecule has 2 aromatic carbocycles. The van der Waals surface area contributed by atoms with Gasteiger partial charge in [0, 0.05) is 6.54 Å². The normalized spacial score (nSPS) is 14.0. The van der Waals surface area contributed by atoms with Crippen molar-refractivity contribution in [3.8, 4) is 0 Å². The molecule has 0 radical (unpaired) electrons. The molecule has 0 spiro atoms. The molecule has 0 saturated carbocycles. The Balaban J connectivity index is 1.72. The number of nitrogens with one attached hydrogen (secondary N) is 2. The fraction of sp³-hybridized carbons (Fsp3) is 0.273. The number of fused-ring (bicyclic) bond motifs is 1. The van der Waals surface area contributed by atoms with Crippen molar-refractivity contribution in [1.82, 2.24) is 15.5 Å². The molecule has 1 atom stereocenters. The van der Waals surface area contributed by atoms with Gasteiger partial charge in [0.25, 0.3) is 17.7 Å². The Morgan fingerprint density at radius 2 is 1.45 bits per heavy atom. The number of nitrogens with zero attached hydrogens (tertiary/aromatic N) is 1. The number of rotatable bonds is 6. The smallest absolute Gasteiger partial charge is 0.321 e. The van der Waals surface area contributed by atoms with Crippen LogP contribution in [0.5, 0.6) is 0 Å². The topological polar surface area (TPSA) is 95.6 Å². The average molecular weight is 393 g/mol. The summed E-state index contributed by atoms with van der Waals surface area (Å²) in [7, 11) is 0. The molecule has 0 bridgehead atoms. The second kappa shape index (κ2) is 8.68. The van der Waals surface area contributed by atoms with Crippen LogP contribution in [0.15, 0.2) is 54.6 Å². The Hall–Kier alpha value is -3.48. The summed E-state index contributed by atoms with van der Waals surface area (Å²) in [6.07, 6.45) is 0.253. The van der Waals surface area contributed by atoms with Gasteiger partial charge in [-0.1, -0.05) is 56.3 Å². The zero-order chi connectivity index (χ0) is 21.0. The Kier molecular flexibility index (Phi) is 6.07. The van der Waals surface area contributed by atoms with Gasteiger partial charge in [0.05, 0.1) is 11.1 Å². The quantitative estimate of drug-likeness (QED) is 0.738. The van der Waals surface area contributed by atoms with Crippen LogP contribution in [0.1, 0.15) is 46.5 Å². The van der Waals surface area contributed by atoms with Crippen LogP contribution in [-0.4, -0.2) is 34.7 Å². The van der Waals surface area contributed by atoms with Gasteiger partial charge in [0.15, 0.2) is 0 Å². The fourth-order valence-electron chi connectivity index (χ4n) is 3.28. The maximum atomic E-state index is 12.8. The molecule has 1 heterocycles. The number of carbonyl (C=O) groups is 4. The summed E-state index contributed by atoms with van der Waals surface area (Å²) in [5, 5.41) is 4.87. The van der Waals surface area contributed by atoms with Gasteiger partial charge in [-0.15, -0.1) is 0 Å². The number of hydrogen-bond acceptors (Lipinski definition) is 4. The van der Waals surface area contributed by atoms with Crippen LogP contribution in [0.2, 0.25) is 0 Å². The largest absolute Gasteiger partial charge is 0.334 e. The van der Waals surface area contributed by atoms with Gasteiger partial charge in [-0.05, 0) is 30.0 Å². The SMILES string of the molecule is CC(C)C[C@@H](C(=O)NC(=O)NCc1ccccc1)N1C(=O)c2ccccc2C1=O. The van der Waals surface area contributed by atoms with Gasteiger partial charge in [0.1, 0.15) is 6.04 Å². The molecule has 7 nitrogen and oxygen atoms in total.